The van der Waals surface area contributed by atoms with Crippen molar-refractivity contribution in [1.82, 2.24) is 5.32 Å². The Balaban J connectivity index is 1.62. The molecule has 1 aromatic rings. The van der Waals surface area contributed by atoms with E-state index < -0.39 is 0 Å². The molecule has 3 aliphatic rings. The maximum absolute atomic E-state index is 6.35. The molecule has 2 unspecified atom stereocenters. The molecule has 2 atom stereocenters. The number of fused-ring (bicyclic) bond motifs is 1. The van der Waals surface area contributed by atoms with E-state index >= 15 is 0 Å². The molecule has 0 aromatic carbocycles. The molecule has 4 nitrogen and oxygen atoms in total. The number of hydrogen-bond donors (Lipinski definition) is 1. The minimum Gasteiger partial charge on any atom is -0.494 e. The van der Waals surface area contributed by atoms with E-state index in [2.05, 4.69) is 28.5 Å². The molecular weight excluding hydrogens is 276 g/mol. The van der Waals surface area contributed by atoms with Gasteiger partial charge in [-0.25, -0.2) is 0 Å². The molecule has 0 amide bonds. The number of ether oxygens (including phenoxy) is 1. The average Bonchev–Trinajstić information content (AvgIpc) is 3.10. The standard InChI is InChI=1S/C18H20N2O2/c1-5-20-11-17-13(1)9-15(14-4-8-21-12-14)10-18(17)22-16-2-6-19-7-3-16/h1,4-5,8-13,16-17,19H,2-3,6-7H2. The third-order valence-electron chi connectivity index (χ3n) is 4.50. The molecule has 4 rings (SSSR count). The summed E-state index contributed by atoms with van der Waals surface area (Å²) in [5.41, 5.74) is 2.26. The molecule has 22 heavy (non-hydrogen) atoms. The minimum absolute atomic E-state index is 0.218. The maximum Gasteiger partial charge on any atom is 0.106 e. The topological polar surface area (TPSA) is 46.8 Å². The Labute approximate surface area is 130 Å². The van der Waals surface area contributed by atoms with Gasteiger partial charge in [-0.1, -0.05) is 12.2 Å². The van der Waals surface area contributed by atoms with Gasteiger partial charge in [0.15, 0.2) is 0 Å². The van der Waals surface area contributed by atoms with Crippen molar-refractivity contribution in [2.45, 2.75) is 18.9 Å². The van der Waals surface area contributed by atoms with Crippen molar-refractivity contribution in [3.8, 4) is 0 Å². The van der Waals surface area contributed by atoms with Gasteiger partial charge in [0.25, 0.3) is 0 Å². The predicted molar refractivity (Wildman–Crippen MR) is 86.4 cm³/mol. The zero-order valence-corrected chi connectivity index (χ0v) is 12.4. The molecule has 1 aliphatic carbocycles. The van der Waals surface area contributed by atoms with E-state index in [1.165, 1.54) is 5.57 Å². The van der Waals surface area contributed by atoms with Gasteiger partial charge in [-0.3, -0.25) is 4.99 Å². The average molecular weight is 296 g/mol. The van der Waals surface area contributed by atoms with E-state index in [4.69, 9.17) is 9.15 Å². The summed E-state index contributed by atoms with van der Waals surface area (Å²) in [6.45, 7) is 2.06. The quantitative estimate of drug-likeness (QED) is 0.932. The largest absolute Gasteiger partial charge is 0.494 e. The molecule has 1 saturated heterocycles. The second-order valence-electron chi connectivity index (χ2n) is 5.99. The molecule has 3 heterocycles. The third kappa shape index (κ3) is 2.66. The predicted octanol–water partition coefficient (Wildman–Crippen LogP) is 3.16. The van der Waals surface area contributed by atoms with E-state index in [-0.39, 0.29) is 5.92 Å². The number of allylic oxidation sites excluding steroid dienone is 5. The molecule has 0 saturated carbocycles. The van der Waals surface area contributed by atoms with Crippen molar-refractivity contribution in [3.05, 3.63) is 54.3 Å². The molecule has 4 heteroatoms. The normalized spacial score (nSPS) is 28.0. The van der Waals surface area contributed by atoms with Crippen molar-refractivity contribution < 1.29 is 9.15 Å². The van der Waals surface area contributed by atoms with Crippen molar-refractivity contribution in [1.29, 1.82) is 0 Å². The first-order valence-electron chi connectivity index (χ1n) is 7.93. The van der Waals surface area contributed by atoms with Gasteiger partial charge in [0.1, 0.15) is 11.9 Å². The van der Waals surface area contributed by atoms with Crippen LogP contribution in [0.3, 0.4) is 0 Å². The molecule has 1 aromatic heterocycles. The van der Waals surface area contributed by atoms with Crippen LogP contribution in [0.2, 0.25) is 0 Å². The van der Waals surface area contributed by atoms with E-state index in [1.54, 1.807) is 12.5 Å². The van der Waals surface area contributed by atoms with Crippen LogP contribution in [0.5, 0.6) is 0 Å². The highest BCUT2D eigenvalue weighted by molar-refractivity contribution is 5.80. The number of rotatable bonds is 3. The fourth-order valence-corrected chi connectivity index (χ4v) is 3.26. The number of nitrogens with zero attached hydrogens (tertiary/aromatic N) is 1. The van der Waals surface area contributed by atoms with Crippen LogP contribution in [-0.2, 0) is 4.74 Å². The van der Waals surface area contributed by atoms with Gasteiger partial charge < -0.3 is 14.5 Å². The van der Waals surface area contributed by atoms with Crippen molar-refractivity contribution in [2.75, 3.05) is 13.1 Å². The first-order chi connectivity index (χ1) is 10.9. The summed E-state index contributed by atoms with van der Waals surface area (Å²) in [4.78, 5) is 4.31. The lowest BCUT2D eigenvalue weighted by Gasteiger charge is -2.32. The molecular formula is C18H20N2O2. The number of hydrogen-bond acceptors (Lipinski definition) is 4. The lowest BCUT2D eigenvalue weighted by atomic mass is 9.82. The fourth-order valence-electron chi connectivity index (χ4n) is 3.26. The van der Waals surface area contributed by atoms with Crippen molar-refractivity contribution >= 4 is 11.8 Å². The Bertz CT molecular complexity index is 634. The van der Waals surface area contributed by atoms with E-state index in [9.17, 15) is 0 Å². The Morgan fingerprint density at radius 2 is 2.18 bits per heavy atom. The van der Waals surface area contributed by atoms with Gasteiger partial charge in [0.2, 0.25) is 0 Å². The van der Waals surface area contributed by atoms with Gasteiger partial charge in [-0.05, 0) is 43.6 Å². The summed E-state index contributed by atoms with van der Waals surface area (Å²) >= 11 is 0. The summed E-state index contributed by atoms with van der Waals surface area (Å²) in [5.74, 6) is 1.56. The number of aliphatic imine (C=N–C) groups is 1. The van der Waals surface area contributed by atoms with Crippen LogP contribution in [0.15, 0.2) is 58.2 Å². The van der Waals surface area contributed by atoms with Gasteiger partial charge in [0.05, 0.1) is 18.4 Å². The number of piperidine rings is 1. The van der Waals surface area contributed by atoms with Crippen LogP contribution >= 0.6 is 0 Å². The van der Waals surface area contributed by atoms with Gasteiger partial charge in [-0.2, -0.15) is 0 Å². The second-order valence-corrected chi connectivity index (χ2v) is 5.99. The molecule has 1 N–H and O–H groups in total. The monoisotopic (exact) mass is 296 g/mol. The Morgan fingerprint density at radius 3 is 3.00 bits per heavy atom. The zero-order chi connectivity index (χ0) is 14.8. The lowest BCUT2D eigenvalue weighted by molar-refractivity contribution is 0.0735. The second kappa shape index (κ2) is 5.97. The van der Waals surface area contributed by atoms with Crippen LogP contribution < -0.4 is 5.32 Å². The van der Waals surface area contributed by atoms with E-state index in [0.717, 1.165) is 37.3 Å². The number of nitrogens with one attached hydrogen (secondary N) is 1. The summed E-state index contributed by atoms with van der Waals surface area (Å²) in [7, 11) is 0. The molecule has 0 radical (unpaired) electrons. The summed E-state index contributed by atoms with van der Waals surface area (Å²) in [6.07, 6.45) is 16.4. The highest BCUT2D eigenvalue weighted by atomic mass is 16.5. The van der Waals surface area contributed by atoms with Crippen LogP contribution in [0.25, 0.3) is 5.57 Å². The first-order valence-corrected chi connectivity index (χ1v) is 7.93. The molecule has 114 valence electrons. The Hall–Kier alpha value is -2.07. The zero-order valence-electron chi connectivity index (χ0n) is 12.4. The first kappa shape index (κ1) is 13.6. The Morgan fingerprint density at radius 1 is 1.27 bits per heavy atom. The van der Waals surface area contributed by atoms with E-state index in [0.29, 0.717) is 12.0 Å². The minimum atomic E-state index is 0.218. The molecule has 1 fully saturated rings. The third-order valence-corrected chi connectivity index (χ3v) is 4.50. The van der Waals surface area contributed by atoms with Crippen LogP contribution in [0.1, 0.15) is 18.4 Å². The fraction of sp³-hybridized carbons (Fsp3) is 0.389. The molecule has 0 spiro atoms. The van der Waals surface area contributed by atoms with E-state index in [1.807, 2.05) is 18.5 Å². The number of furan rings is 1. The maximum atomic E-state index is 6.35. The smallest absolute Gasteiger partial charge is 0.106 e. The molecule has 2 aliphatic heterocycles. The van der Waals surface area contributed by atoms with Crippen molar-refractivity contribution in [3.63, 3.8) is 0 Å². The highest BCUT2D eigenvalue weighted by Gasteiger charge is 2.30. The Kier molecular flexibility index (Phi) is 3.69. The van der Waals surface area contributed by atoms with Gasteiger partial charge in [-0.15, -0.1) is 0 Å². The SMILES string of the molecule is C1=CC2C=C(c3ccoc3)C=C(OC3CCNCC3)C2C=N1. The summed E-state index contributed by atoms with van der Waals surface area (Å²) in [5, 5.41) is 3.38. The summed E-state index contributed by atoms with van der Waals surface area (Å²) in [6, 6.07) is 1.99. The van der Waals surface area contributed by atoms with Crippen LogP contribution in [-0.4, -0.2) is 25.4 Å². The van der Waals surface area contributed by atoms with Crippen LogP contribution in [0.4, 0.5) is 0 Å². The molecule has 0 bridgehead atoms. The van der Waals surface area contributed by atoms with Crippen LogP contribution in [0, 0.1) is 11.8 Å². The van der Waals surface area contributed by atoms with Gasteiger partial charge in [0, 0.05) is 23.9 Å². The van der Waals surface area contributed by atoms with Gasteiger partial charge >= 0.3 is 0 Å². The lowest BCUT2D eigenvalue weighted by Crippen LogP contribution is -2.34. The van der Waals surface area contributed by atoms with Crippen molar-refractivity contribution in [2.24, 2.45) is 16.8 Å². The summed E-state index contributed by atoms with van der Waals surface area (Å²) < 4.78 is 11.6. The highest BCUT2D eigenvalue weighted by Crippen LogP contribution is 2.36.